The molecule has 0 radical (unpaired) electrons. The maximum absolute atomic E-state index is 14.8. The molecule has 28 heavy (non-hydrogen) atoms. The zero-order chi connectivity index (χ0) is 19.8. The van der Waals surface area contributed by atoms with E-state index in [4.69, 9.17) is 5.73 Å². The number of hydrogen-bond acceptors (Lipinski definition) is 6. The second-order valence-electron chi connectivity index (χ2n) is 7.96. The number of nitrogens with zero attached hydrogens (tertiary/aromatic N) is 3. The molecule has 3 unspecified atom stereocenters. The average molecular weight is 395 g/mol. The zero-order valence-electron chi connectivity index (χ0n) is 15.9. The number of alkyl halides is 1. The first-order valence-electron chi connectivity index (χ1n) is 9.76. The molecule has 8 nitrogen and oxygen atoms in total. The SMILES string of the molecule is CN1CCC(C2C(F)CNCC2NC(=O)c2c(N)nn3c2NCC(F)=C3)CC1. The van der Waals surface area contributed by atoms with Gasteiger partial charge in [0.25, 0.3) is 5.91 Å². The summed E-state index contributed by atoms with van der Waals surface area (Å²) in [7, 11) is 2.07. The van der Waals surface area contributed by atoms with E-state index in [0.29, 0.717) is 18.9 Å². The fourth-order valence-corrected chi connectivity index (χ4v) is 4.61. The monoisotopic (exact) mass is 395 g/mol. The van der Waals surface area contributed by atoms with E-state index >= 15 is 0 Å². The van der Waals surface area contributed by atoms with Gasteiger partial charge in [-0.05, 0) is 38.9 Å². The van der Waals surface area contributed by atoms with Crippen LogP contribution in [0.4, 0.5) is 20.4 Å². The van der Waals surface area contributed by atoms with Crippen molar-refractivity contribution in [2.24, 2.45) is 11.8 Å². The van der Waals surface area contributed by atoms with Crippen LogP contribution in [0.25, 0.3) is 6.20 Å². The lowest BCUT2D eigenvalue weighted by molar-refractivity contribution is 0.0526. The minimum absolute atomic E-state index is 0.0161. The molecule has 0 aliphatic carbocycles. The van der Waals surface area contributed by atoms with Gasteiger partial charge in [-0.2, -0.15) is 0 Å². The van der Waals surface area contributed by atoms with E-state index in [1.165, 1.54) is 10.9 Å². The van der Waals surface area contributed by atoms with Crippen LogP contribution in [0.5, 0.6) is 0 Å². The number of aromatic nitrogens is 2. The Bertz CT molecular complexity index is 772. The molecule has 4 rings (SSSR count). The molecule has 1 aromatic heterocycles. The Morgan fingerprint density at radius 2 is 2.11 bits per heavy atom. The number of fused-ring (bicyclic) bond motifs is 1. The quantitative estimate of drug-likeness (QED) is 0.600. The number of nitrogen functional groups attached to an aromatic ring is 1. The largest absolute Gasteiger partial charge is 0.381 e. The molecule has 3 aliphatic rings. The van der Waals surface area contributed by atoms with Crippen molar-refractivity contribution in [2.75, 3.05) is 50.8 Å². The third kappa shape index (κ3) is 3.58. The number of anilines is 2. The number of nitrogens with one attached hydrogen (secondary N) is 3. The molecule has 3 aliphatic heterocycles. The van der Waals surface area contributed by atoms with Gasteiger partial charge in [-0.3, -0.25) is 4.79 Å². The van der Waals surface area contributed by atoms with Crippen LogP contribution in [0, 0.1) is 11.8 Å². The summed E-state index contributed by atoms with van der Waals surface area (Å²) in [5.74, 6) is -0.457. The van der Waals surface area contributed by atoms with Gasteiger partial charge in [0, 0.05) is 25.0 Å². The van der Waals surface area contributed by atoms with Crippen LogP contribution in [0.2, 0.25) is 0 Å². The van der Waals surface area contributed by atoms with Gasteiger partial charge in [-0.25, -0.2) is 13.5 Å². The van der Waals surface area contributed by atoms with E-state index in [1.807, 2.05) is 0 Å². The number of likely N-dealkylation sites (tertiary alicyclic amines) is 1. The molecule has 10 heteroatoms. The van der Waals surface area contributed by atoms with Crippen LogP contribution in [0.1, 0.15) is 23.2 Å². The van der Waals surface area contributed by atoms with Gasteiger partial charge in [0.15, 0.2) is 5.82 Å². The summed E-state index contributed by atoms with van der Waals surface area (Å²) in [6.45, 7) is 2.66. The summed E-state index contributed by atoms with van der Waals surface area (Å²) in [4.78, 5) is 15.2. The molecule has 1 amide bonds. The highest BCUT2D eigenvalue weighted by atomic mass is 19.1. The van der Waals surface area contributed by atoms with Gasteiger partial charge in [0.2, 0.25) is 0 Å². The van der Waals surface area contributed by atoms with Crippen LogP contribution in [-0.2, 0) is 0 Å². The van der Waals surface area contributed by atoms with E-state index in [9.17, 15) is 13.6 Å². The maximum Gasteiger partial charge on any atom is 0.259 e. The first-order chi connectivity index (χ1) is 13.4. The van der Waals surface area contributed by atoms with Crippen molar-refractivity contribution in [1.29, 1.82) is 0 Å². The van der Waals surface area contributed by atoms with E-state index < -0.39 is 17.9 Å². The Hall–Kier alpha value is -2.20. The molecule has 5 N–H and O–H groups in total. The molecule has 154 valence electrons. The highest BCUT2D eigenvalue weighted by Gasteiger charge is 2.41. The summed E-state index contributed by atoms with van der Waals surface area (Å²) < 4.78 is 29.5. The zero-order valence-corrected chi connectivity index (χ0v) is 15.9. The first-order valence-corrected chi connectivity index (χ1v) is 9.76. The van der Waals surface area contributed by atoms with Crippen LogP contribution >= 0.6 is 0 Å². The lowest BCUT2D eigenvalue weighted by Crippen LogP contribution is -2.59. The average Bonchev–Trinajstić information content (AvgIpc) is 2.98. The molecule has 1 aromatic rings. The molecule has 2 fully saturated rings. The molecule has 3 atom stereocenters. The lowest BCUT2D eigenvalue weighted by Gasteiger charge is -2.42. The van der Waals surface area contributed by atoms with Gasteiger partial charge in [0.1, 0.15) is 23.4 Å². The van der Waals surface area contributed by atoms with Crippen molar-refractivity contribution in [3.63, 3.8) is 0 Å². The minimum Gasteiger partial charge on any atom is -0.381 e. The molecule has 0 spiro atoms. The van der Waals surface area contributed by atoms with Gasteiger partial charge < -0.3 is 26.6 Å². The molecular formula is C18H27F2N7O. The Balaban J connectivity index is 1.53. The summed E-state index contributed by atoms with van der Waals surface area (Å²) in [6, 6.07) is -0.338. The Morgan fingerprint density at radius 1 is 1.36 bits per heavy atom. The number of halogens is 2. The van der Waals surface area contributed by atoms with E-state index in [0.717, 1.165) is 25.9 Å². The number of nitrogens with two attached hydrogens (primary N) is 1. The fourth-order valence-electron chi connectivity index (χ4n) is 4.61. The molecule has 0 saturated carbocycles. The summed E-state index contributed by atoms with van der Waals surface area (Å²) in [6.07, 6.45) is 2.02. The second-order valence-corrected chi connectivity index (χ2v) is 7.96. The lowest BCUT2D eigenvalue weighted by atomic mass is 9.75. The van der Waals surface area contributed by atoms with Crippen molar-refractivity contribution in [3.8, 4) is 0 Å². The van der Waals surface area contributed by atoms with E-state index in [2.05, 4.69) is 33.0 Å². The molecule has 0 bridgehead atoms. The standard InChI is InChI=1S/C18H27F2N7O/c1-26-4-2-10(3-5-26)14-12(20)7-22-8-13(14)24-18(28)15-16(21)25-27-9-11(19)6-23-17(15)27/h9-10,12-14,22-23H,2-8H2,1H3,(H2,21,25)(H,24,28). The Kier molecular flexibility index (Phi) is 5.24. The normalized spacial score (nSPS) is 29.0. The predicted molar refractivity (Wildman–Crippen MR) is 103 cm³/mol. The van der Waals surface area contributed by atoms with Crippen molar-refractivity contribution < 1.29 is 13.6 Å². The summed E-state index contributed by atoms with van der Waals surface area (Å²) >= 11 is 0. The topological polar surface area (TPSA) is 100 Å². The highest BCUT2D eigenvalue weighted by Crippen LogP contribution is 2.33. The van der Waals surface area contributed by atoms with E-state index in [1.54, 1.807) is 0 Å². The minimum atomic E-state index is -1.01. The maximum atomic E-state index is 14.8. The third-order valence-corrected chi connectivity index (χ3v) is 6.06. The summed E-state index contributed by atoms with van der Waals surface area (Å²) in [5.41, 5.74) is 6.09. The van der Waals surface area contributed by atoms with Crippen molar-refractivity contribution in [2.45, 2.75) is 25.1 Å². The Labute approximate surface area is 162 Å². The molecule has 4 heterocycles. The van der Waals surface area contributed by atoms with Crippen molar-refractivity contribution in [3.05, 3.63) is 11.4 Å². The van der Waals surface area contributed by atoms with Gasteiger partial charge >= 0.3 is 0 Å². The number of rotatable bonds is 3. The number of carbonyl (C=O) groups excluding carboxylic acids is 1. The molecular weight excluding hydrogens is 368 g/mol. The van der Waals surface area contributed by atoms with Crippen molar-refractivity contribution >= 4 is 23.7 Å². The number of hydrogen-bond donors (Lipinski definition) is 4. The first kappa shape index (κ1) is 19.1. The Morgan fingerprint density at radius 3 is 2.86 bits per heavy atom. The number of carbonyl (C=O) groups is 1. The summed E-state index contributed by atoms with van der Waals surface area (Å²) in [5, 5.41) is 12.9. The van der Waals surface area contributed by atoms with Crippen LogP contribution in [0.3, 0.4) is 0 Å². The highest BCUT2D eigenvalue weighted by molar-refractivity contribution is 6.04. The van der Waals surface area contributed by atoms with Crippen LogP contribution in [0.15, 0.2) is 5.83 Å². The third-order valence-electron chi connectivity index (χ3n) is 6.06. The number of amides is 1. The second kappa shape index (κ2) is 7.67. The van der Waals surface area contributed by atoms with E-state index in [-0.39, 0.29) is 35.8 Å². The number of piperidine rings is 2. The fraction of sp³-hybridized carbons (Fsp3) is 0.667. The smallest absolute Gasteiger partial charge is 0.259 e. The molecule has 0 aromatic carbocycles. The van der Waals surface area contributed by atoms with Crippen LogP contribution in [-0.4, -0.2) is 72.6 Å². The molecule has 2 saturated heterocycles. The van der Waals surface area contributed by atoms with Gasteiger partial charge in [-0.15, -0.1) is 5.10 Å². The van der Waals surface area contributed by atoms with Gasteiger partial charge in [0.05, 0.1) is 12.7 Å². The van der Waals surface area contributed by atoms with Gasteiger partial charge in [-0.1, -0.05) is 0 Å². The van der Waals surface area contributed by atoms with Crippen LogP contribution < -0.4 is 21.7 Å². The van der Waals surface area contributed by atoms with Crippen molar-refractivity contribution in [1.82, 2.24) is 25.3 Å². The predicted octanol–water partition coefficient (Wildman–Crippen LogP) is 0.656.